The smallest absolute Gasteiger partial charge is 0.414 e. The van der Waals surface area contributed by atoms with Gasteiger partial charge in [0.1, 0.15) is 17.9 Å². The molecular weight excluding hydrogens is 692 g/mol. The predicted octanol–water partition coefficient (Wildman–Crippen LogP) is 6.53. The van der Waals surface area contributed by atoms with E-state index in [1.807, 2.05) is 48.7 Å². The predicted molar refractivity (Wildman–Crippen MR) is 164 cm³/mol. The minimum Gasteiger partial charge on any atom is -0.414 e. The number of fused-ring (bicyclic) bond motifs is 1. The van der Waals surface area contributed by atoms with Gasteiger partial charge in [-0.15, -0.1) is 0 Å². The van der Waals surface area contributed by atoms with Crippen molar-refractivity contribution in [3.8, 4) is 0 Å². The lowest BCUT2D eigenvalue weighted by molar-refractivity contribution is -0.167. The molecule has 234 valence electrons. The zero-order valence-corrected chi connectivity index (χ0v) is 28.9. The van der Waals surface area contributed by atoms with E-state index >= 15 is 0 Å². The van der Waals surface area contributed by atoms with Crippen molar-refractivity contribution in [2.75, 3.05) is 29.6 Å². The first-order chi connectivity index (χ1) is 18.9. The number of ether oxygens (including phenoxy) is 3. The van der Waals surface area contributed by atoms with E-state index in [4.69, 9.17) is 18.6 Å². The van der Waals surface area contributed by atoms with Crippen LogP contribution in [0, 0.1) is 0 Å². The number of nitrogens with one attached hydrogen (secondary N) is 2. The Morgan fingerprint density at radius 2 is 1.83 bits per heavy atom. The Balaban J connectivity index is 1.84. The van der Waals surface area contributed by atoms with Crippen LogP contribution in [-0.4, -0.2) is 79.5 Å². The summed E-state index contributed by atoms with van der Waals surface area (Å²) in [5.41, 5.74) is 0.206. The van der Waals surface area contributed by atoms with Crippen LogP contribution in [-0.2, 0) is 27.9 Å². The number of halogens is 4. The molecule has 1 aliphatic carbocycles. The van der Waals surface area contributed by atoms with Crippen molar-refractivity contribution >= 4 is 60.1 Å². The van der Waals surface area contributed by atoms with Gasteiger partial charge in [-0.1, -0.05) is 62.0 Å². The highest BCUT2D eigenvalue weighted by Gasteiger charge is 2.55. The lowest BCUT2D eigenvalue weighted by atomic mass is 10.2. The first-order valence-electron chi connectivity index (χ1n) is 13.7. The van der Waals surface area contributed by atoms with E-state index in [2.05, 4.69) is 49.1 Å². The third kappa shape index (κ3) is 8.91. The van der Waals surface area contributed by atoms with Gasteiger partial charge in [0.15, 0.2) is 25.1 Å². The molecule has 1 aliphatic heterocycles. The third-order valence-electron chi connectivity index (χ3n) is 7.44. The number of aromatic nitrogens is 2. The Morgan fingerprint density at radius 3 is 2.41 bits per heavy atom. The first-order valence-corrected chi connectivity index (χ1v) is 19.2. The summed E-state index contributed by atoms with van der Waals surface area (Å²) in [6.07, 6.45) is -4.93. The molecule has 2 N–H and O–H groups in total. The Hall–Kier alpha value is -0.723. The molecule has 1 saturated heterocycles. The number of hydrogen-bond donors (Lipinski definition) is 2. The van der Waals surface area contributed by atoms with E-state index in [0.29, 0.717) is 30.5 Å². The van der Waals surface area contributed by atoms with Crippen molar-refractivity contribution in [3.63, 3.8) is 0 Å². The maximum atomic E-state index is 13.2. The quantitative estimate of drug-likeness (QED) is 0.0620. The molecule has 3 rings (SSSR count). The Labute approximate surface area is 259 Å². The molecule has 9 nitrogen and oxygen atoms in total. The first kappa shape index (κ1) is 34.8. The van der Waals surface area contributed by atoms with E-state index < -0.39 is 44.4 Å². The van der Waals surface area contributed by atoms with Crippen LogP contribution in [0.2, 0.25) is 18.1 Å². The molecule has 0 bridgehead atoms. The fourth-order valence-electron chi connectivity index (χ4n) is 4.39. The summed E-state index contributed by atoms with van der Waals surface area (Å²) in [4.78, 5) is 20.9. The minimum atomic E-state index is -5.06. The van der Waals surface area contributed by atoms with Gasteiger partial charge in [0, 0.05) is 10.2 Å². The number of alkyl halides is 4. The molecule has 1 saturated carbocycles. The highest BCUT2D eigenvalue weighted by atomic mass is 127. The van der Waals surface area contributed by atoms with E-state index in [1.165, 1.54) is 11.8 Å². The topological polar surface area (TPSA) is 104 Å². The maximum Gasteiger partial charge on any atom is 0.471 e. The van der Waals surface area contributed by atoms with Crippen molar-refractivity contribution in [2.24, 2.45) is 0 Å². The van der Waals surface area contributed by atoms with Gasteiger partial charge in [0.25, 0.3) is 0 Å². The number of amides is 1. The molecule has 2 heterocycles. The number of anilines is 2. The van der Waals surface area contributed by atoms with Crippen molar-refractivity contribution in [1.82, 2.24) is 9.97 Å². The van der Waals surface area contributed by atoms with Crippen molar-refractivity contribution in [3.05, 3.63) is 5.69 Å². The molecule has 0 unspecified atom stereocenters. The zero-order chi connectivity index (χ0) is 30.8. The summed E-state index contributed by atoms with van der Waals surface area (Å²) in [7, 11) is -1.93. The van der Waals surface area contributed by atoms with Crippen LogP contribution in [0.15, 0.2) is 5.16 Å². The summed E-state index contributed by atoms with van der Waals surface area (Å²) in [6, 6.07) is -0.407. The normalized spacial score (nSPS) is 24.4. The highest BCUT2D eigenvalue weighted by Crippen LogP contribution is 2.42. The minimum absolute atomic E-state index is 0.0781. The molecule has 0 spiro atoms. The summed E-state index contributed by atoms with van der Waals surface area (Å²) < 4.78 is 64.8. The lowest BCUT2D eigenvalue weighted by Crippen LogP contribution is -2.42. The van der Waals surface area contributed by atoms with E-state index in [-0.39, 0.29) is 27.1 Å². The molecular formula is C26H42F3IN4O5SSi. The van der Waals surface area contributed by atoms with E-state index in [1.54, 1.807) is 0 Å². The van der Waals surface area contributed by atoms with Crippen LogP contribution in [0.1, 0.15) is 60.1 Å². The molecule has 4 atom stereocenters. The summed E-state index contributed by atoms with van der Waals surface area (Å²) >= 11 is 3.41. The molecule has 2 aliphatic rings. The number of nitrogens with zero attached hydrogens (tertiary/aromatic N) is 2. The number of hydrogen-bond acceptors (Lipinski definition) is 9. The van der Waals surface area contributed by atoms with Crippen LogP contribution >= 0.6 is 34.4 Å². The van der Waals surface area contributed by atoms with Gasteiger partial charge in [-0.25, -0.2) is 9.97 Å². The van der Waals surface area contributed by atoms with Gasteiger partial charge in [0.2, 0.25) is 0 Å². The van der Waals surface area contributed by atoms with Crippen molar-refractivity contribution in [1.29, 1.82) is 0 Å². The Bertz CT molecular complexity index is 1080. The third-order valence-corrected chi connectivity index (χ3v) is 13.8. The molecule has 41 heavy (non-hydrogen) atoms. The molecule has 0 radical (unpaired) electrons. The van der Waals surface area contributed by atoms with Crippen molar-refractivity contribution in [2.45, 2.75) is 118 Å². The van der Waals surface area contributed by atoms with E-state index in [9.17, 15) is 18.0 Å². The largest absolute Gasteiger partial charge is 0.471 e. The number of rotatable bonds is 12. The van der Waals surface area contributed by atoms with Crippen LogP contribution in [0.3, 0.4) is 0 Å². The fraction of sp³-hybridized carbons (Fsp3) is 0.808. The van der Waals surface area contributed by atoms with Gasteiger partial charge in [-0.2, -0.15) is 13.2 Å². The standard InChI is InChI=1S/C26H42F3IN4O5SSi/c1-9-12-40-23-32-16(14-30)18(33-22(35)26(27,28)29)21(34-23)31-15-13-17(20-19(15)38-25(5,6)39-20)36-10-11-37-41(7,8)24(2,3)4/h15,17,19-20H,9-14H2,1-8H3,(H,33,35)(H,31,32,34)/t15-,17+,19+,20-/m1/s1. The van der Waals surface area contributed by atoms with Crippen molar-refractivity contribution < 1.29 is 36.6 Å². The molecule has 1 aromatic rings. The average molecular weight is 735 g/mol. The van der Waals surface area contributed by atoms with Gasteiger partial charge in [-0.3, -0.25) is 4.79 Å². The molecule has 1 aromatic heterocycles. The van der Waals surface area contributed by atoms with Crippen LogP contribution in [0.25, 0.3) is 0 Å². The highest BCUT2D eigenvalue weighted by molar-refractivity contribution is 14.1. The zero-order valence-electron chi connectivity index (χ0n) is 24.9. The SMILES string of the molecule is CCCSc1nc(CI)c(NC(=O)C(F)(F)F)c(N[C@@H]2C[C@H](OCCO[Si](C)(C)C(C)(C)C)[C@H]3OC(C)(C)O[C@H]32)n1. The average Bonchev–Trinajstić information content (AvgIpc) is 3.33. The summed E-state index contributed by atoms with van der Waals surface area (Å²) in [5.74, 6) is -2.11. The molecule has 0 aromatic carbocycles. The molecule has 2 fully saturated rings. The molecule has 1 amide bonds. The van der Waals surface area contributed by atoms with Crippen LogP contribution in [0.5, 0.6) is 0 Å². The maximum absolute atomic E-state index is 13.2. The lowest BCUT2D eigenvalue weighted by Gasteiger charge is -2.36. The second kappa shape index (κ2) is 13.5. The number of thioether (sulfide) groups is 1. The van der Waals surface area contributed by atoms with Gasteiger partial charge in [-0.05, 0) is 44.8 Å². The summed E-state index contributed by atoms with van der Waals surface area (Å²) in [5, 5.41) is 5.77. The van der Waals surface area contributed by atoms with Gasteiger partial charge in [0.05, 0.1) is 31.1 Å². The Kier molecular flexibility index (Phi) is 11.5. The Morgan fingerprint density at radius 1 is 1.17 bits per heavy atom. The van der Waals surface area contributed by atoms with Crippen LogP contribution in [0.4, 0.5) is 24.7 Å². The van der Waals surface area contributed by atoms with Gasteiger partial charge < -0.3 is 29.3 Å². The van der Waals surface area contributed by atoms with Crippen LogP contribution < -0.4 is 10.6 Å². The second-order valence-electron chi connectivity index (χ2n) is 12.2. The van der Waals surface area contributed by atoms with Gasteiger partial charge >= 0.3 is 12.1 Å². The fourth-order valence-corrected chi connectivity index (χ4v) is 6.68. The van der Waals surface area contributed by atoms with E-state index in [0.717, 1.165) is 12.2 Å². The second-order valence-corrected chi connectivity index (χ2v) is 18.8. The summed E-state index contributed by atoms with van der Waals surface area (Å²) in [6.45, 7) is 17.4. The molecule has 15 heteroatoms. The number of carbonyl (C=O) groups is 1. The number of carbonyl (C=O) groups excluding carboxylic acids is 1. The monoisotopic (exact) mass is 734 g/mol.